The number of unbranched alkanes of at least 4 members (excludes halogenated alkanes) is 13. The SMILES string of the molecule is Br.CCCCCCCCCCCCCCCC[N+](C)(C)Cc1ccccc1.N.N[C@@H]1C(O)O[C@H](CO)[C@@H](O)[C@@H]1O.[Br-]. The molecule has 0 aromatic heterocycles. The maximum Gasteiger partial charge on any atom is 0.173 e. The number of nitrogens with two attached hydrogens (primary N) is 1. The minimum Gasteiger partial charge on any atom is -1.00 e. The summed E-state index contributed by atoms with van der Waals surface area (Å²) in [7, 11) is 4.74. The summed E-state index contributed by atoms with van der Waals surface area (Å²) in [5, 5.41) is 36.1. The van der Waals surface area contributed by atoms with Gasteiger partial charge in [0.05, 0.1) is 33.3 Å². The number of rotatable bonds is 18. The molecule has 1 fully saturated rings. The van der Waals surface area contributed by atoms with Crippen LogP contribution in [0.15, 0.2) is 30.3 Å². The Hall–Kier alpha value is -0.140. The fourth-order valence-corrected chi connectivity index (χ4v) is 5.01. The van der Waals surface area contributed by atoms with Crippen molar-refractivity contribution in [3.8, 4) is 0 Å². The highest BCUT2D eigenvalue weighted by molar-refractivity contribution is 8.93. The van der Waals surface area contributed by atoms with E-state index in [9.17, 15) is 10.2 Å². The minimum atomic E-state index is -1.35. The van der Waals surface area contributed by atoms with Crippen molar-refractivity contribution < 1.29 is 46.6 Å². The van der Waals surface area contributed by atoms with E-state index in [0.29, 0.717) is 0 Å². The smallest absolute Gasteiger partial charge is 0.173 e. The number of nitrogens with zero attached hydrogens (tertiary/aromatic N) is 1. The van der Waals surface area contributed by atoms with Gasteiger partial charge in [0.2, 0.25) is 0 Å². The highest BCUT2D eigenvalue weighted by Gasteiger charge is 2.41. The molecule has 2 rings (SSSR count). The average molecular weight is 718 g/mol. The quantitative estimate of drug-likeness (QED) is 0.101. The third-order valence-corrected chi connectivity index (χ3v) is 7.52. The molecular weight excluding hydrogens is 654 g/mol. The third-order valence-electron chi connectivity index (χ3n) is 7.52. The topological polar surface area (TPSA) is 151 Å². The van der Waals surface area contributed by atoms with E-state index >= 15 is 0 Å². The normalized spacial score (nSPS) is 21.9. The first-order valence-electron chi connectivity index (χ1n) is 15.1. The van der Waals surface area contributed by atoms with Crippen molar-refractivity contribution in [1.29, 1.82) is 0 Å². The zero-order valence-corrected chi connectivity index (χ0v) is 29.3. The molecule has 0 amide bonds. The van der Waals surface area contributed by atoms with E-state index in [0.717, 1.165) is 11.0 Å². The van der Waals surface area contributed by atoms with E-state index in [1.54, 1.807) is 0 Å². The Morgan fingerprint density at radius 3 is 1.63 bits per heavy atom. The van der Waals surface area contributed by atoms with Crippen LogP contribution in [0.5, 0.6) is 0 Å². The Labute approximate surface area is 271 Å². The minimum absolute atomic E-state index is 0. The largest absolute Gasteiger partial charge is 1.00 e. The summed E-state index contributed by atoms with van der Waals surface area (Å²) in [6.07, 6.45) is 15.3. The second-order valence-corrected chi connectivity index (χ2v) is 11.7. The van der Waals surface area contributed by atoms with Crippen molar-refractivity contribution in [2.45, 2.75) is 134 Å². The molecule has 0 bridgehead atoms. The van der Waals surface area contributed by atoms with Gasteiger partial charge in [0.25, 0.3) is 0 Å². The van der Waals surface area contributed by atoms with Crippen molar-refractivity contribution in [2.24, 2.45) is 5.73 Å². The van der Waals surface area contributed by atoms with Crippen LogP contribution in [0.2, 0.25) is 0 Å². The second kappa shape index (κ2) is 27.4. The van der Waals surface area contributed by atoms with Crippen LogP contribution in [-0.4, -0.2) is 82.8 Å². The molecule has 1 heterocycles. The molecule has 1 saturated heterocycles. The monoisotopic (exact) mass is 715 g/mol. The Morgan fingerprint density at radius 1 is 0.756 bits per heavy atom. The lowest BCUT2D eigenvalue weighted by Gasteiger charge is -2.38. The van der Waals surface area contributed by atoms with Crippen LogP contribution in [-0.2, 0) is 11.3 Å². The van der Waals surface area contributed by atoms with Gasteiger partial charge in [-0.3, -0.25) is 0 Å². The van der Waals surface area contributed by atoms with Gasteiger partial charge in [-0.1, -0.05) is 114 Å². The first-order chi connectivity index (χ1) is 18.2. The molecular formula is C31H63Br2N3O5. The maximum atomic E-state index is 9.20. The van der Waals surface area contributed by atoms with Gasteiger partial charge in [0.15, 0.2) is 6.29 Å². The van der Waals surface area contributed by atoms with Gasteiger partial charge in [-0.25, -0.2) is 0 Å². The van der Waals surface area contributed by atoms with Crippen LogP contribution in [0.4, 0.5) is 0 Å². The molecule has 0 radical (unpaired) electrons. The van der Waals surface area contributed by atoms with Gasteiger partial charge >= 0.3 is 0 Å². The molecule has 1 unspecified atom stereocenters. The maximum absolute atomic E-state index is 9.20. The van der Waals surface area contributed by atoms with Gasteiger partial charge in [-0.15, -0.1) is 17.0 Å². The molecule has 0 spiro atoms. The summed E-state index contributed by atoms with van der Waals surface area (Å²) < 4.78 is 5.81. The van der Waals surface area contributed by atoms with Crippen LogP contribution >= 0.6 is 17.0 Å². The molecule has 41 heavy (non-hydrogen) atoms. The summed E-state index contributed by atoms with van der Waals surface area (Å²) in [5.74, 6) is 0. The standard InChI is InChI=1S/C25H46N.C6H13NO5.2BrH.H3N/c1-4-5-6-7-8-9-10-11-12-13-14-15-16-20-23-26(2,3)24-25-21-18-17-19-22-25;7-3-5(10)4(9)2(1-8)12-6(3)11;;;/h17-19,21-22H,4-16,20,23-24H2,1-3H3;2-6,8-11H,1,7H2;2*1H;1H3/q+1;;;;/p-1/t;2-,3+,4-,5-,6?;;;/m.1.../s1. The van der Waals surface area contributed by atoms with Crippen molar-refractivity contribution in [3.05, 3.63) is 35.9 Å². The van der Waals surface area contributed by atoms with E-state index < -0.39 is 37.3 Å². The predicted molar refractivity (Wildman–Crippen MR) is 171 cm³/mol. The molecule has 246 valence electrons. The zero-order valence-electron chi connectivity index (χ0n) is 26.0. The Morgan fingerprint density at radius 2 is 1.20 bits per heavy atom. The van der Waals surface area contributed by atoms with Crippen molar-refractivity contribution in [2.75, 3.05) is 27.2 Å². The van der Waals surface area contributed by atoms with E-state index in [-0.39, 0.29) is 40.1 Å². The Bertz CT molecular complexity index is 686. The fourth-order valence-electron chi connectivity index (χ4n) is 5.01. The molecule has 0 aliphatic carbocycles. The fraction of sp³-hybridized carbons (Fsp3) is 0.806. The zero-order chi connectivity index (χ0) is 28.2. The van der Waals surface area contributed by atoms with Crippen LogP contribution in [0.3, 0.4) is 0 Å². The highest BCUT2D eigenvalue weighted by atomic mass is 79.9. The second-order valence-electron chi connectivity index (χ2n) is 11.7. The van der Waals surface area contributed by atoms with Crippen LogP contribution < -0.4 is 28.9 Å². The van der Waals surface area contributed by atoms with Crippen molar-refractivity contribution >= 4 is 17.0 Å². The lowest BCUT2D eigenvalue weighted by Crippen LogP contribution is -3.00. The van der Waals surface area contributed by atoms with Gasteiger partial charge in [0, 0.05) is 5.56 Å². The number of aliphatic hydroxyl groups is 4. The number of aliphatic hydroxyl groups excluding tert-OH is 4. The highest BCUT2D eigenvalue weighted by Crippen LogP contribution is 2.18. The van der Waals surface area contributed by atoms with Gasteiger partial charge in [-0.2, -0.15) is 0 Å². The Kier molecular flexibility index (Phi) is 30.3. The number of hydrogen-bond acceptors (Lipinski definition) is 7. The lowest BCUT2D eigenvalue weighted by molar-refractivity contribution is -0.903. The lowest BCUT2D eigenvalue weighted by atomic mass is 9.98. The van der Waals surface area contributed by atoms with Crippen LogP contribution in [0.25, 0.3) is 0 Å². The number of benzene rings is 1. The Balaban J connectivity index is -0.000000816. The van der Waals surface area contributed by atoms with Crippen molar-refractivity contribution in [1.82, 2.24) is 6.15 Å². The van der Waals surface area contributed by atoms with Crippen LogP contribution in [0.1, 0.15) is 102 Å². The molecule has 1 aromatic rings. The summed E-state index contributed by atoms with van der Waals surface area (Å²) in [6.45, 7) is 4.28. The summed E-state index contributed by atoms with van der Waals surface area (Å²) in [4.78, 5) is 0. The third kappa shape index (κ3) is 21.2. The average Bonchev–Trinajstić information content (AvgIpc) is 2.90. The molecule has 10 heteroatoms. The molecule has 8 nitrogen and oxygen atoms in total. The summed E-state index contributed by atoms with van der Waals surface area (Å²) in [6, 6.07) is 9.89. The van der Waals surface area contributed by atoms with E-state index in [1.165, 1.54) is 102 Å². The van der Waals surface area contributed by atoms with E-state index in [2.05, 4.69) is 51.4 Å². The number of hydrogen-bond donors (Lipinski definition) is 6. The molecule has 0 saturated carbocycles. The predicted octanol–water partition coefficient (Wildman–Crippen LogP) is 2.23. The molecule has 9 N–H and O–H groups in total. The molecule has 5 atom stereocenters. The van der Waals surface area contributed by atoms with Gasteiger partial charge < -0.3 is 58.5 Å². The van der Waals surface area contributed by atoms with Gasteiger partial charge in [0.1, 0.15) is 24.9 Å². The first-order valence-corrected chi connectivity index (χ1v) is 15.1. The van der Waals surface area contributed by atoms with E-state index in [1.807, 2.05) is 0 Å². The summed E-state index contributed by atoms with van der Waals surface area (Å²) >= 11 is 0. The molecule has 1 aromatic carbocycles. The van der Waals surface area contributed by atoms with Crippen LogP contribution in [0, 0.1) is 0 Å². The number of halogens is 2. The molecule has 1 aliphatic heterocycles. The van der Waals surface area contributed by atoms with Gasteiger partial charge in [-0.05, 0) is 12.8 Å². The molecule has 1 aliphatic rings. The van der Waals surface area contributed by atoms with E-state index in [4.69, 9.17) is 20.7 Å². The number of ether oxygens (including phenoxy) is 1. The number of quaternary nitrogens is 1. The van der Waals surface area contributed by atoms with Crippen molar-refractivity contribution in [3.63, 3.8) is 0 Å². The summed E-state index contributed by atoms with van der Waals surface area (Å²) in [5.41, 5.74) is 6.72. The first kappa shape index (κ1) is 45.3.